The van der Waals surface area contributed by atoms with E-state index in [4.69, 9.17) is 11.6 Å². The predicted octanol–water partition coefficient (Wildman–Crippen LogP) is 4.26. The van der Waals surface area contributed by atoms with Crippen LogP contribution in [0, 0.1) is 5.82 Å². The Balaban J connectivity index is 1.79. The molecule has 0 aliphatic carbocycles. The van der Waals surface area contributed by atoms with Gasteiger partial charge in [0, 0.05) is 36.6 Å². The molecule has 3 aromatic rings. The van der Waals surface area contributed by atoms with Crippen molar-refractivity contribution in [1.82, 2.24) is 10.2 Å². The van der Waals surface area contributed by atoms with Crippen LogP contribution in [0.5, 0.6) is 0 Å². The third-order valence-electron chi connectivity index (χ3n) is 4.93. The summed E-state index contributed by atoms with van der Waals surface area (Å²) >= 11 is 6.03. The molecule has 0 atom stereocenters. The monoisotopic (exact) mass is 396 g/mol. The van der Waals surface area contributed by atoms with Crippen molar-refractivity contribution in [3.8, 4) is 11.1 Å². The standard InChI is InChI=1S/C22H18ClFN2O2/c23-15-11-14(12-16(24)13-15)17-3-1-5-19-18(17)4-2-6-20(19)22(28)26-9-7-21(27)25-8-10-26/h1-6,11-13H,7-10H2,(H,25,27). The number of carbonyl (C=O) groups is 2. The van der Waals surface area contributed by atoms with Gasteiger partial charge in [0.05, 0.1) is 0 Å². The van der Waals surface area contributed by atoms with E-state index in [1.807, 2.05) is 30.3 Å². The average molecular weight is 397 g/mol. The van der Waals surface area contributed by atoms with E-state index in [0.29, 0.717) is 42.2 Å². The largest absolute Gasteiger partial charge is 0.354 e. The van der Waals surface area contributed by atoms with E-state index in [0.717, 1.165) is 16.3 Å². The van der Waals surface area contributed by atoms with Crippen LogP contribution in [0.15, 0.2) is 54.6 Å². The Bertz CT molecular complexity index is 1060. The summed E-state index contributed by atoms with van der Waals surface area (Å²) in [7, 11) is 0. The first kappa shape index (κ1) is 18.4. The second-order valence-electron chi connectivity index (χ2n) is 6.76. The van der Waals surface area contributed by atoms with E-state index >= 15 is 0 Å². The van der Waals surface area contributed by atoms with Crippen LogP contribution in [0.25, 0.3) is 21.9 Å². The van der Waals surface area contributed by atoms with E-state index in [1.165, 1.54) is 12.1 Å². The number of amides is 2. The number of fused-ring (bicyclic) bond motifs is 1. The third-order valence-corrected chi connectivity index (χ3v) is 5.14. The van der Waals surface area contributed by atoms with Crippen LogP contribution in [0.1, 0.15) is 16.8 Å². The number of hydrogen-bond acceptors (Lipinski definition) is 2. The first-order chi connectivity index (χ1) is 13.5. The summed E-state index contributed by atoms with van der Waals surface area (Å²) in [5, 5.41) is 4.73. The van der Waals surface area contributed by atoms with Crippen molar-refractivity contribution in [2.24, 2.45) is 0 Å². The molecule has 4 rings (SSSR count). The zero-order valence-electron chi connectivity index (χ0n) is 15.0. The van der Waals surface area contributed by atoms with Crippen molar-refractivity contribution in [3.05, 3.63) is 71.0 Å². The van der Waals surface area contributed by atoms with Gasteiger partial charge < -0.3 is 10.2 Å². The van der Waals surface area contributed by atoms with Crippen LogP contribution >= 0.6 is 11.6 Å². The summed E-state index contributed by atoms with van der Waals surface area (Å²) in [6, 6.07) is 15.5. The Hall–Kier alpha value is -2.92. The first-order valence-electron chi connectivity index (χ1n) is 9.07. The molecule has 0 radical (unpaired) electrons. The molecular formula is C22H18ClFN2O2. The summed E-state index contributed by atoms with van der Waals surface area (Å²) < 4.78 is 13.9. The van der Waals surface area contributed by atoms with Gasteiger partial charge in [-0.25, -0.2) is 4.39 Å². The minimum absolute atomic E-state index is 0.0431. The van der Waals surface area contributed by atoms with Crippen LogP contribution in [-0.2, 0) is 4.79 Å². The van der Waals surface area contributed by atoms with Gasteiger partial charge in [-0.3, -0.25) is 9.59 Å². The Morgan fingerprint density at radius 3 is 2.64 bits per heavy atom. The first-order valence-corrected chi connectivity index (χ1v) is 9.45. The molecule has 0 aromatic heterocycles. The van der Waals surface area contributed by atoms with Crippen molar-refractivity contribution in [1.29, 1.82) is 0 Å². The predicted molar refractivity (Wildman–Crippen MR) is 108 cm³/mol. The van der Waals surface area contributed by atoms with E-state index < -0.39 is 5.82 Å². The molecule has 1 aliphatic rings. The highest BCUT2D eigenvalue weighted by molar-refractivity contribution is 6.31. The van der Waals surface area contributed by atoms with Crippen molar-refractivity contribution >= 4 is 34.2 Å². The SMILES string of the molecule is O=C1CCN(C(=O)c2cccc3c(-c4cc(F)cc(Cl)c4)cccc23)CCN1. The summed E-state index contributed by atoms with van der Waals surface area (Å²) in [6.45, 7) is 1.31. The lowest BCUT2D eigenvalue weighted by atomic mass is 9.95. The van der Waals surface area contributed by atoms with Gasteiger partial charge in [-0.2, -0.15) is 0 Å². The molecule has 4 nitrogen and oxygen atoms in total. The molecule has 3 aromatic carbocycles. The van der Waals surface area contributed by atoms with Crippen LogP contribution < -0.4 is 5.32 Å². The van der Waals surface area contributed by atoms with Gasteiger partial charge in [0.15, 0.2) is 0 Å². The van der Waals surface area contributed by atoms with Gasteiger partial charge in [-0.05, 0) is 46.2 Å². The second kappa shape index (κ2) is 7.60. The number of rotatable bonds is 2. The molecule has 1 aliphatic heterocycles. The fourth-order valence-electron chi connectivity index (χ4n) is 3.60. The highest BCUT2D eigenvalue weighted by atomic mass is 35.5. The van der Waals surface area contributed by atoms with Gasteiger partial charge in [-0.15, -0.1) is 0 Å². The molecule has 1 heterocycles. The minimum Gasteiger partial charge on any atom is -0.354 e. The van der Waals surface area contributed by atoms with Gasteiger partial charge >= 0.3 is 0 Å². The van der Waals surface area contributed by atoms with E-state index in [-0.39, 0.29) is 11.8 Å². The lowest BCUT2D eigenvalue weighted by Crippen LogP contribution is -2.34. The number of benzene rings is 3. The molecule has 1 fully saturated rings. The highest BCUT2D eigenvalue weighted by Gasteiger charge is 2.21. The lowest BCUT2D eigenvalue weighted by Gasteiger charge is -2.21. The highest BCUT2D eigenvalue weighted by Crippen LogP contribution is 2.32. The summed E-state index contributed by atoms with van der Waals surface area (Å²) in [6.07, 6.45) is 0.295. The molecule has 0 saturated carbocycles. The molecule has 2 amide bonds. The van der Waals surface area contributed by atoms with E-state index in [9.17, 15) is 14.0 Å². The maximum absolute atomic E-state index is 13.9. The zero-order valence-corrected chi connectivity index (χ0v) is 15.8. The van der Waals surface area contributed by atoms with Crippen LogP contribution in [0.4, 0.5) is 4.39 Å². The van der Waals surface area contributed by atoms with Gasteiger partial charge in [0.1, 0.15) is 5.82 Å². The molecule has 0 spiro atoms. The second-order valence-corrected chi connectivity index (χ2v) is 7.19. The maximum atomic E-state index is 13.9. The topological polar surface area (TPSA) is 49.4 Å². The zero-order chi connectivity index (χ0) is 19.7. The Kier molecular flexibility index (Phi) is 5.01. The van der Waals surface area contributed by atoms with E-state index in [1.54, 1.807) is 17.0 Å². The molecule has 28 heavy (non-hydrogen) atoms. The fourth-order valence-corrected chi connectivity index (χ4v) is 3.82. The van der Waals surface area contributed by atoms with Crippen molar-refractivity contribution < 1.29 is 14.0 Å². The normalized spacial score (nSPS) is 14.6. The molecule has 0 unspecified atom stereocenters. The van der Waals surface area contributed by atoms with E-state index in [2.05, 4.69) is 5.32 Å². The molecule has 1 N–H and O–H groups in total. The van der Waals surface area contributed by atoms with Gasteiger partial charge in [-0.1, -0.05) is 41.9 Å². The number of carbonyl (C=O) groups excluding carboxylic acids is 2. The third kappa shape index (κ3) is 3.58. The fraction of sp³-hybridized carbons (Fsp3) is 0.182. The summed E-state index contributed by atoms with van der Waals surface area (Å²) in [4.78, 5) is 26.4. The average Bonchev–Trinajstić information content (AvgIpc) is 2.90. The van der Waals surface area contributed by atoms with Crippen LogP contribution in [-0.4, -0.2) is 36.3 Å². The molecule has 1 saturated heterocycles. The van der Waals surface area contributed by atoms with Crippen molar-refractivity contribution in [2.75, 3.05) is 19.6 Å². The summed E-state index contributed by atoms with van der Waals surface area (Å²) in [5.41, 5.74) is 2.03. The number of halogens is 2. The molecule has 6 heteroatoms. The van der Waals surface area contributed by atoms with Crippen molar-refractivity contribution in [3.63, 3.8) is 0 Å². The molecule has 0 bridgehead atoms. The van der Waals surface area contributed by atoms with Gasteiger partial charge in [0.25, 0.3) is 5.91 Å². The number of hydrogen-bond donors (Lipinski definition) is 1. The quantitative estimate of drug-likeness (QED) is 0.703. The smallest absolute Gasteiger partial charge is 0.254 e. The lowest BCUT2D eigenvalue weighted by molar-refractivity contribution is -0.120. The Morgan fingerprint density at radius 1 is 1.04 bits per heavy atom. The van der Waals surface area contributed by atoms with Crippen LogP contribution in [0.3, 0.4) is 0 Å². The molecule has 142 valence electrons. The van der Waals surface area contributed by atoms with Crippen molar-refractivity contribution in [2.45, 2.75) is 6.42 Å². The number of nitrogens with zero attached hydrogens (tertiary/aromatic N) is 1. The number of nitrogens with one attached hydrogen (secondary N) is 1. The van der Waals surface area contributed by atoms with Gasteiger partial charge in [0.2, 0.25) is 5.91 Å². The summed E-state index contributed by atoms with van der Waals surface area (Å²) in [5.74, 6) is -0.566. The molecular weight excluding hydrogens is 379 g/mol. The Morgan fingerprint density at radius 2 is 1.82 bits per heavy atom. The Labute approximate surface area is 166 Å². The van der Waals surface area contributed by atoms with Crippen LogP contribution in [0.2, 0.25) is 5.02 Å². The minimum atomic E-state index is -0.409. The maximum Gasteiger partial charge on any atom is 0.254 e.